The molecule has 0 atom stereocenters. The number of nitrogens with zero attached hydrogens (tertiary/aromatic N) is 2. The molecule has 1 heterocycles. The SMILES string of the molecule is CC[NH+](CC)CCN(C(=O)Cc1ccccc1)c1nc2ccc(F)cc2s1. The number of carbonyl (C=O) groups excluding carboxylic acids is 1. The minimum absolute atomic E-state index is 0.0206. The fourth-order valence-corrected chi connectivity index (χ4v) is 4.10. The van der Waals surface area contributed by atoms with E-state index in [9.17, 15) is 9.18 Å². The second-order valence-corrected chi connectivity index (χ2v) is 7.53. The molecule has 0 saturated carbocycles. The highest BCUT2D eigenvalue weighted by atomic mass is 32.1. The number of amides is 1. The zero-order valence-corrected chi connectivity index (χ0v) is 16.6. The van der Waals surface area contributed by atoms with E-state index in [1.54, 1.807) is 11.0 Å². The number of fused-ring (bicyclic) bond motifs is 1. The van der Waals surface area contributed by atoms with Gasteiger partial charge >= 0.3 is 0 Å². The van der Waals surface area contributed by atoms with Gasteiger partial charge in [-0.25, -0.2) is 9.37 Å². The van der Waals surface area contributed by atoms with E-state index in [1.165, 1.54) is 28.4 Å². The van der Waals surface area contributed by atoms with Crippen LogP contribution in [0.1, 0.15) is 19.4 Å². The molecule has 3 rings (SSSR count). The minimum atomic E-state index is -0.285. The summed E-state index contributed by atoms with van der Waals surface area (Å²) in [7, 11) is 0. The number of benzene rings is 2. The van der Waals surface area contributed by atoms with E-state index in [1.807, 2.05) is 30.3 Å². The first-order chi connectivity index (χ1) is 13.1. The number of hydrogen-bond acceptors (Lipinski definition) is 3. The van der Waals surface area contributed by atoms with Crippen LogP contribution in [0.3, 0.4) is 0 Å². The van der Waals surface area contributed by atoms with Gasteiger partial charge in [0, 0.05) is 0 Å². The molecule has 27 heavy (non-hydrogen) atoms. The van der Waals surface area contributed by atoms with Gasteiger partial charge in [0.15, 0.2) is 5.13 Å². The van der Waals surface area contributed by atoms with Crippen molar-refractivity contribution >= 4 is 32.6 Å². The Bertz CT molecular complexity index is 893. The number of quaternary nitrogens is 1. The molecule has 1 amide bonds. The zero-order valence-electron chi connectivity index (χ0n) is 15.7. The normalized spacial score (nSPS) is 11.3. The first-order valence-corrected chi connectivity index (χ1v) is 10.2. The first-order valence-electron chi connectivity index (χ1n) is 9.34. The fraction of sp³-hybridized carbons (Fsp3) is 0.333. The van der Waals surface area contributed by atoms with Gasteiger partial charge in [-0.1, -0.05) is 41.7 Å². The van der Waals surface area contributed by atoms with Gasteiger partial charge in [0.2, 0.25) is 5.91 Å². The molecule has 2 aromatic carbocycles. The zero-order chi connectivity index (χ0) is 19.2. The van der Waals surface area contributed by atoms with Crippen LogP contribution in [0.2, 0.25) is 0 Å². The Kier molecular flexibility index (Phi) is 6.53. The van der Waals surface area contributed by atoms with Gasteiger partial charge in [-0.05, 0) is 37.6 Å². The monoisotopic (exact) mass is 386 g/mol. The summed E-state index contributed by atoms with van der Waals surface area (Å²) < 4.78 is 14.3. The number of likely N-dealkylation sites (N-methyl/N-ethyl adjacent to an activating group) is 1. The van der Waals surface area contributed by atoms with Crippen LogP contribution in [-0.2, 0) is 11.2 Å². The van der Waals surface area contributed by atoms with E-state index in [4.69, 9.17) is 0 Å². The standard InChI is InChI=1S/C21H24FN3OS/c1-3-24(4-2)12-13-25(20(26)14-16-8-6-5-7-9-16)21-23-18-11-10-17(22)15-19(18)27-21/h5-11,15H,3-4,12-14H2,1-2H3/p+1. The summed E-state index contributed by atoms with van der Waals surface area (Å²) in [4.78, 5) is 20.8. The summed E-state index contributed by atoms with van der Waals surface area (Å²) in [6.07, 6.45) is 0.332. The molecule has 0 aliphatic heterocycles. The van der Waals surface area contributed by atoms with E-state index >= 15 is 0 Å². The van der Waals surface area contributed by atoms with Gasteiger partial charge in [0.25, 0.3) is 0 Å². The van der Waals surface area contributed by atoms with Crippen molar-refractivity contribution in [1.82, 2.24) is 4.98 Å². The maximum Gasteiger partial charge on any atom is 0.233 e. The maximum absolute atomic E-state index is 13.5. The number of carbonyl (C=O) groups is 1. The summed E-state index contributed by atoms with van der Waals surface area (Å²) in [5.41, 5.74) is 1.71. The second kappa shape index (κ2) is 9.06. The first kappa shape index (κ1) is 19.5. The lowest BCUT2D eigenvalue weighted by Crippen LogP contribution is -3.12. The van der Waals surface area contributed by atoms with Crippen LogP contribution in [0.25, 0.3) is 10.2 Å². The van der Waals surface area contributed by atoms with E-state index in [0.29, 0.717) is 18.1 Å². The lowest BCUT2D eigenvalue weighted by atomic mass is 10.1. The summed E-state index contributed by atoms with van der Waals surface area (Å²) in [5, 5.41) is 0.642. The number of anilines is 1. The van der Waals surface area contributed by atoms with Crippen molar-refractivity contribution in [3.05, 3.63) is 59.9 Å². The van der Waals surface area contributed by atoms with E-state index < -0.39 is 0 Å². The Labute approximate surface area is 163 Å². The van der Waals surface area contributed by atoms with Crippen molar-refractivity contribution < 1.29 is 14.1 Å². The summed E-state index contributed by atoms with van der Waals surface area (Å²) in [5.74, 6) is -0.264. The molecule has 0 unspecified atom stereocenters. The van der Waals surface area contributed by atoms with Crippen LogP contribution < -0.4 is 9.80 Å². The smallest absolute Gasteiger partial charge is 0.233 e. The number of aromatic nitrogens is 1. The van der Waals surface area contributed by atoms with Crippen molar-refractivity contribution in [3.63, 3.8) is 0 Å². The topological polar surface area (TPSA) is 37.6 Å². The molecule has 0 fully saturated rings. The Morgan fingerprint density at radius 1 is 1.15 bits per heavy atom. The van der Waals surface area contributed by atoms with Crippen molar-refractivity contribution in [2.75, 3.05) is 31.1 Å². The highest BCUT2D eigenvalue weighted by Gasteiger charge is 2.21. The van der Waals surface area contributed by atoms with Gasteiger partial charge in [-0.3, -0.25) is 9.69 Å². The number of thiazole rings is 1. The van der Waals surface area contributed by atoms with Crippen molar-refractivity contribution in [3.8, 4) is 0 Å². The minimum Gasteiger partial charge on any atom is -0.334 e. The third-order valence-electron chi connectivity index (χ3n) is 4.76. The van der Waals surface area contributed by atoms with E-state index in [0.717, 1.165) is 35.4 Å². The second-order valence-electron chi connectivity index (χ2n) is 6.52. The van der Waals surface area contributed by atoms with Crippen LogP contribution >= 0.6 is 11.3 Å². The fourth-order valence-electron chi connectivity index (χ4n) is 3.07. The largest absolute Gasteiger partial charge is 0.334 e. The van der Waals surface area contributed by atoms with Gasteiger partial charge in [0.05, 0.1) is 42.8 Å². The van der Waals surface area contributed by atoms with Gasteiger partial charge in [0.1, 0.15) is 5.82 Å². The molecule has 6 heteroatoms. The Morgan fingerprint density at radius 3 is 2.59 bits per heavy atom. The molecule has 0 aliphatic carbocycles. The van der Waals surface area contributed by atoms with Crippen LogP contribution in [0, 0.1) is 5.82 Å². The lowest BCUT2D eigenvalue weighted by molar-refractivity contribution is -0.894. The highest BCUT2D eigenvalue weighted by Crippen LogP contribution is 2.29. The predicted molar refractivity (Wildman–Crippen MR) is 109 cm³/mol. The van der Waals surface area contributed by atoms with E-state index in [2.05, 4.69) is 18.8 Å². The van der Waals surface area contributed by atoms with Crippen LogP contribution in [0.15, 0.2) is 48.5 Å². The predicted octanol–water partition coefficient (Wildman–Crippen LogP) is 2.94. The third kappa shape index (κ3) is 4.90. The average molecular weight is 387 g/mol. The average Bonchev–Trinajstić information content (AvgIpc) is 3.08. The number of nitrogens with one attached hydrogen (secondary N) is 1. The maximum atomic E-state index is 13.5. The summed E-state index contributed by atoms with van der Waals surface area (Å²) in [6.45, 7) is 7.79. The van der Waals surface area contributed by atoms with Crippen molar-refractivity contribution in [2.45, 2.75) is 20.3 Å². The van der Waals surface area contributed by atoms with Crippen molar-refractivity contribution in [1.29, 1.82) is 0 Å². The molecule has 0 bridgehead atoms. The Hall–Kier alpha value is -2.31. The van der Waals surface area contributed by atoms with Crippen LogP contribution in [0.4, 0.5) is 9.52 Å². The third-order valence-corrected chi connectivity index (χ3v) is 5.80. The molecular weight excluding hydrogens is 361 g/mol. The van der Waals surface area contributed by atoms with E-state index in [-0.39, 0.29) is 11.7 Å². The molecule has 0 spiro atoms. The number of rotatable bonds is 8. The molecule has 0 saturated heterocycles. The molecule has 3 aromatic rings. The van der Waals surface area contributed by atoms with Crippen LogP contribution in [0.5, 0.6) is 0 Å². The highest BCUT2D eigenvalue weighted by molar-refractivity contribution is 7.22. The molecule has 0 aliphatic rings. The molecule has 0 radical (unpaired) electrons. The van der Waals surface area contributed by atoms with Gasteiger partial charge < -0.3 is 4.90 Å². The number of hydrogen-bond donors (Lipinski definition) is 1. The Morgan fingerprint density at radius 2 is 1.89 bits per heavy atom. The van der Waals surface area contributed by atoms with Gasteiger partial charge in [-0.2, -0.15) is 0 Å². The summed E-state index contributed by atoms with van der Waals surface area (Å²) in [6, 6.07) is 14.3. The Balaban J connectivity index is 1.86. The molecule has 1 aromatic heterocycles. The van der Waals surface area contributed by atoms with Crippen LogP contribution in [-0.4, -0.2) is 37.1 Å². The van der Waals surface area contributed by atoms with Gasteiger partial charge in [-0.15, -0.1) is 0 Å². The quantitative estimate of drug-likeness (QED) is 0.646. The van der Waals surface area contributed by atoms with Crippen molar-refractivity contribution in [2.24, 2.45) is 0 Å². The lowest BCUT2D eigenvalue weighted by Gasteiger charge is -2.23. The molecule has 142 valence electrons. The summed E-state index contributed by atoms with van der Waals surface area (Å²) >= 11 is 1.37. The molecule has 4 nitrogen and oxygen atoms in total. The number of halogens is 1. The molecule has 1 N–H and O–H groups in total. The molecular formula is C21H25FN3OS+.